The first-order valence-corrected chi connectivity index (χ1v) is 6.08. The zero-order chi connectivity index (χ0) is 13.8. The van der Waals surface area contributed by atoms with Gasteiger partial charge in [0.1, 0.15) is 12.7 Å². The molecular weight excluding hydrogens is 280 g/mol. The Balaban J connectivity index is 1.80. The first-order valence-electron chi connectivity index (χ1n) is 5.70. The maximum Gasteiger partial charge on any atom is 0.258 e. The highest BCUT2D eigenvalue weighted by Gasteiger charge is 2.07. The Hall–Kier alpha value is -2.61. The third-order valence-corrected chi connectivity index (χ3v) is 2.56. The molecule has 0 aliphatic heterocycles. The van der Waals surface area contributed by atoms with Crippen LogP contribution < -0.4 is 5.32 Å². The molecule has 0 unspecified atom stereocenters. The molecular formula is C11H9ClN8. The number of anilines is 1. The van der Waals surface area contributed by atoms with Gasteiger partial charge in [0.05, 0.1) is 0 Å². The molecule has 0 bridgehead atoms. The molecule has 0 saturated carbocycles. The predicted octanol–water partition coefficient (Wildman–Crippen LogP) is 1.11. The molecule has 8 nitrogen and oxygen atoms in total. The molecule has 0 aromatic carbocycles. The van der Waals surface area contributed by atoms with Crippen molar-refractivity contribution in [3.05, 3.63) is 48.0 Å². The van der Waals surface area contributed by atoms with E-state index in [9.17, 15) is 0 Å². The lowest BCUT2D eigenvalue weighted by molar-refractivity contribution is 0.793. The summed E-state index contributed by atoms with van der Waals surface area (Å²) in [6, 6.07) is 3.80. The Morgan fingerprint density at radius 1 is 1.20 bits per heavy atom. The molecule has 100 valence electrons. The van der Waals surface area contributed by atoms with Crippen LogP contribution in [0.2, 0.25) is 5.28 Å². The van der Waals surface area contributed by atoms with Gasteiger partial charge in [-0.3, -0.25) is 4.98 Å². The van der Waals surface area contributed by atoms with E-state index in [0.29, 0.717) is 18.4 Å². The van der Waals surface area contributed by atoms with Crippen LogP contribution in [0.15, 0.2) is 37.2 Å². The smallest absolute Gasteiger partial charge is 0.258 e. The third kappa shape index (κ3) is 2.86. The molecule has 0 aliphatic carbocycles. The molecule has 0 radical (unpaired) electrons. The second kappa shape index (κ2) is 5.57. The molecule has 3 aromatic rings. The third-order valence-electron chi connectivity index (χ3n) is 2.39. The fraction of sp³-hybridized carbons (Fsp3) is 0.0909. The normalized spacial score (nSPS) is 10.4. The summed E-state index contributed by atoms with van der Waals surface area (Å²) in [5.41, 5.74) is 1.01. The van der Waals surface area contributed by atoms with Crippen LogP contribution in [0.4, 0.5) is 5.95 Å². The Labute approximate surface area is 118 Å². The van der Waals surface area contributed by atoms with Crippen molar-refractivity contribution in [2.75, 3.05) is 5.32 Å². The van der Waals surface area contributed by atoms with Crippen LogP contribution in [0.3, 0.4) is 0 Å². The lowest BCUT2D eigenvalue weighted by Crippen LogP contribution is -2.09. The van der Waals surface area contributed by atoms with Gasteiger partial charge >= 0.3 is 0 Å². The minimum Gasteiger partial charge on any atom is -0.350 e. The van der Waals surface area contributed by atoms with Gasteiger partial charge in [0, 0.05) is 18.9 Å². The van der Waals surface area contributed by atoms with Crippen molar-refractivity contribution in [3.63, 3.8) is 0 Å². The summed E-state index contributed by atoms with van der Waals surface area (Å²) < 4.78 is 1.41. The molecule has 3 rings (SSSR count). The quantitative estimate of drug-likeness (QED) is 0.768. The van der Waals surface area contributed by atoms with Crippen LogP contribution in [0, 0.1) is 0 Å². The van der Waals surface area contributed by atoms with Crippen LogP contribution in [-0.4, -0.2) is 34.7 Å². The second-order valence-electron chi connectivity index (χ2n) is 3.78. The van der Waals surface area contributed by atoms with Crippen LogP contribution in [0.5, 0.6) is 0 Å². The number of hydrogen-bond donors (Lipinski definition) is 1. The topological polar surface area (TPSA) is 94.3 Å². The molecule has 3 heterocycles. The zero-order valence-corrected chi connectivity index (χ0v) is 10.9. The van der Waals surface area contributed by atoms with Crippen molar-refractivity contribution in [2.45, 2.75) is 6.54 Å². The lowest BCUT2D eigenvalue weighted by atomic mass is 10.3. The minimum absolute atomic E-state index is 0.0826. The summed E-state index contributed by atoms with van der Waals surface area (Å²) in [5.74, 6) is 0.663. The highest BCUT2D eigenvalue weighted by molar-refractivity contribution is 6.28. The maximum atomic E-state index is 5.87. The number of halogens is 1. The molecule has 0 amide bonds. The van der Waals surface area contributed by atoms with Crippen LogP contribution in [0.25, 0.3) is 5.95 Å². The van der Waals surface area contributed by atoms with E-state index in [0.717, 1.165) is 5.56 Å². The van der Waals surface area contributed by atoms with E-state index < -0.39 is 0 Å². The number of nitrogens with zero attached hydrogens (tertiary/aromatic N) is 7. The molecule has 20 heavy (non-hydrogen) atoms. The van der Waals surface area contributed by atoms with Crippen molar-refractivity contribution in [3.8, 4) is 5.95 Å². The summed E-state index contributed by atoms with van der Waals surface area (Å²) in [5, 5.41) is 7.08. The number of aromatic nitrogens is 7. The van der Waals surface area contributed by atoms with Gasteiger partial charge < -0.3 is 5.32 Å². The van der Waals surface area contributed by atoms with Crippen LogP contribution in [-0.2, 0) is 6.54 Å². The van der Waals surface area contributed by atoms with Crippen molar-refractivity contribution in [2.24, 2.45) is 0 Å². The largest absolute Gasteiger partial charge is 0.350 e. The number of rotatable bonds is 4. The Morgan fingerprint density at radius 3 is 2.90 bits per heavy atom. The van der Waals surface area contributed by atoms with Crippen molar-refractivity contribution in [1.29, 1.82) is 0 Å². The van der Waals surface area contributed by atoms with Gasteiger partial charge in [-0.2, -0.15) is 24.7 Å². The lowest BCUT2D eigenvalue weighted by Gasteiger charge is -2.06. The van der Waals surface area contributed by atoms with Gasteiger partial charge in [0.15, 0.2) is 0 Å². The van der Waals surface area contributed by atoms with Gasteiger partial charge in [-0.1, -0.05) is 6.07 Å². The fourth-order valence-corrected chi connectivity index (χ4v) is 1.67. The first-order chi connectivity index (χ1) is 9.81. The molecule has 0 fully saturated rings. The minimum atomic E-state index is 0.0826. The predicted molar refractivity (Wildman–Crippen MR) is 71.3 cm³/mol. The van der Waals surface area contributed by atoms with Gasteiger partial charge in [-0.25, -0.2) is 4.98 Å². The zero-order valence-electron chi connectivity index (χ0n) is 10.2. The van der Waals surface area contributed by atoms with Gasteiger partial charge in [-0.05, 0) is 23.2 Å². The molecule has 0 saturated heterocycles. The average Bonchev–Trinajstić information content (AvgIpc) is 3.00. The van der Waals surface area contributed by atoms with Crippen LogP contribution >= 0.6 is 11.6 Å². The number of pyridine rings is 1. The summed E-state index contributed by atoms with van der Waals surface area (Å²) in [7, 11) is 0. The van der Waals surface area contributed by atoms with Crippen LogP contribution in [0.1, 0.15) is 5.56 Å². The molecule has 0 spiro atoms. The van der Waals surface area contributed by atoms with Crippen molar-refractivity contribution in [1.82, 2.24) is 34.7 Å². The van der Waals surface area contributed by atoms with E-state index in [1.165, 1.54) is 17.3 Å². The van der Waals surface area contributed by atoms with E-state index in [2.05, 4.69) is 35.3 Å². The SMILES string of the molecule is Clc1nc(NCc2cccnc2)nc(-n2cncn2)n1. The summed E-state index contributed by atoms with van der Waals surface area (Å²) >= 11 is 5.87. The highest BCUT2D eigenvalue weighted by Crippen LogP contribution is 2.09. The molecule has 0 aliphatic rings. The Morgan fingerprint density at radius 2 is 2.15 bits per heavy atom. The number of hydrogen-bond acceptors (Lipinski definition) is 7. The first kappa shape index (κ1) is 12.4. The Bertz CT molecular complexity index is 685. The average molecular weight is 289 g/mol. The molecule has 9 heteroatoms. The van der Waals surface area contributed by atoms with Gasteiger partial charge in [-0.15, -0.1) is 0 Å². The van der Waals surface area contributed by atoms with Gasteiger partial charge in [0.2, 0.25) is 11.2 Å². The van der Waals surface area contributed by atoms with Crippen molar-refractivity contribution < 1.29 is 0 Å². The van der Waals surface area contributed by atoms with E-state index in [-0.39, 0.29) is 5.28 Å². The van der Waals surface area contributed by atoms with Crippen molar-refractivity contribution >= 4 is 17.5 Å². The molecule has 0 atom stereocenters. The van der Waals surface area contributed by atoms with E-state index >= 15 is 0 Å². The van der Waals surface area contributed by atoms with E-state index in [1.807, 2.05) is 12.1 Å². The molecule has 1 N–H and O–H groups in total. The molecule has 3 aromatic heterocycles. The maximum absolute atomic E-state index is 5.87. The number of nitrogens with one attached hydrogen (secondary N) is 1. The summed E-state index contributed by atoms with van der Waals surface area (Å²) in [6.07, 6.45) is 6.34. The fourth-order valence-electron chi connectivity index (χ4n) is 1.52. The highest BCUT2D eigenvalue weighted by atomic mass is 35.5. The Kier molecular flexibility index (Phi) is 3.46. The van der Waals surface area contributed by atoms with E-state index in [1.54, 1.807) is 12.4 Å². The summed E-state index contributed by atoms with van der Waals surface area (Å²) in [6.45, 7) is 0.533. The standard InChI is InChI=1S/C11H9ClN8/c12-9-17-10(15-5-8-2-1-3-13-4-8)19-11(18-9)20-7-14-6-16-20/h1-4,6-7H,5H2,(H,15,17,18,19). The van der Waals surface area contributed by atoms with Gasteiger partial charge in [0.25, 0.3) is 5.95 Å². The van der Waals surface area contributed by atoms with E-state index in [4.69, 9.17) is 11.6 Å². The second-order valence-corrected chi connectivity index (χ2v) is 4.12. The monoisotopic (exact) mass is 288 g/mol. The summed E-state index contributed by atoms with van der Waals surface area (Å²) in [4.78, 5) is 20.1.